The first-order valence-corrected chi connectivity index (χ1v) is 33.7. The van der Waals surface area contributed by atoms with Gasteiger partial charge in [-0.2, -0.15) is 0 Å². The first-order valence-electron chi connectivity index (χ1n) is 32.0. The van der Waals surface area contributed by atoms with Crippen LogP contribution in [0.25, 0.3) is 89.2 Å². The maximum absolute atomic E-state index is 16.6. The maximum Gasteiger partial charge on any atom is 0.171 e. The monoisotopic (exact) mass is 1220 g/mol. The van der Waals surface area contributed by atoms with E-state index in [1.807, 2.05) is 54.6 Å². The van der Waals surface area contributed by atoms with Crippen LogP contribution in [-0.2, 0) is 15.4 Å². The van der Waals surface area contributed by atoms with E-state index in [0.29, 0.717) is 5.82 Å². The van der Waals surface area contributed by atoms with E-state index in [1.165, 1.54) is 44.5 Å². The molecule has 5 nitrogen and oxygen atoms in total. The van der Waals surface area contributed by atoms with Crippen LogP contribution in [0.15, 0.2) is 334 Å². The third-order valence-corrected chi connectivity index (χ3v) is 23.2. The van der Waals surface area contributed by atoms with Gasteiger partial charge < -0.3 is 14.0 Å². The molecule has 1 atom stereocenters. The van der Waals surface area contributed by atoms with Crippen molar-refractivity contribution in [2.75, 3.05) is 0 Å². The number of rotatable bonds is 8. The zero-order chi connectivity index (χ0) is 62.1. The van der Waals surface area contributed by atoms with Gasteiger partial charge in [-0.05, 0) is 126 Å². The highest BCUT2D eigenvalue weighted by Crippen LogP contribution is 2.64. The lowest BCUT2D eigenvalue weighted by molar-refractivity contribution is 0.436. The van der Waals surface area contributed by atoms with Gasteiger partial charge in [0.1, 0.15) is 23.0 Å². The maximum atomic E-state index is 16.6. The van der Waals surface area contributed by atoms with Crippen molar-refractivity contribution in [1.82, 2.24) is 9.97 Å². The van der Waals surface area contributed by atoms with E-state index in [-0.39, 0.29) is 0 Å². The van der Waals surface area contributed by atoms with Gasteiger partial charge in [-0.25, -0.2) is 9.97 Å². The van der Waals surface area contributed by atoms with Gasteiger partial charge in [0.05, 0.1) is 22.0 Å². The molecule has 2 spiro atoms. The average Bonchev–Trinajstić information content (AvgIpc) is 1.47. The van der Waals surface area contributed by atoms with E-state index in [9.17, 15) is 0 Å². The van der Waals surface area contributed by atoms with E-state index in [0.717, 1.165) is 122 Å². The summed E-state index contributed by atoms with van der Waals surface area (Å²) in [6.45, 7) is 0. The summed E-state index contributed by atoms with van der Waals surface area (Å²) in [6, 6.07) is 118. The highest BCUT2D eigenvalue weighted by Gasteiger charge is 2.53. The van der Waals surface area contributed by atoms with Gasteiger partial charge in [0, 0.05) is 54.7 Å². The molecule has 0 bridgehead atoms. The van der Waals surface area contributed by atoms with Crippen LogP contribution in [0, 0.1) is 0 Å². The second-order valence-corrected chi connectivity index (χ2v) is 27.7. The molecule has 0 saturated heterocycles. The molecule has 0 N–H and O–H groups in total. The van der Waals surface area contributed by atoms with Crippen molar-refractivity contribution in [2.45, 2.75) is 10.8 Å². The summed E-state index contributed by atoms with van der Waals surface area (Å²) < 4.78 is 30.8. The summed E-state index contributed by atoms with van der Waals surface area (Å²) in [5.74, 6) is 3.91. The molecule has 440 valence electrons. The van der Waals surface area contributed by atoms with Crippen molar-refractivity contribution in [3.8, 4) is 101 Å². The van der Waals surface area contributed by atoms with E-state index >= 15 is 4.57 Å². The minimum absolute atomic E-state index is 0.546. The van der Waals surface area contributed by atoms with E-state index in [2.05, 4.69) is 279 Å². The summed E-state index contributed by atoms with van der Waals surface area (Å²) in [5, 5.41) is 3.28. The van der Waals surface area contributed by atoms with E-state index in [1.54, 1.807) is 0 Å². The molecule has 3 heterocycles. The van der Waals surface area contributed by atoms with Crippen molar-refractivity contribution in [3.63, 3.8) is 0 Å². The van der Waals surface area contributed by atoms with Gasteiger partial charge >= 0.3 is 0 Å². The lowest BCUT2D eigenvalue weighted by Crippen LogP contribution is -2.32. The Hall–Kier alpha value is -11.8. The molecule has 15 aromatic rings. The Labute approximate surface area is 545 Å². The van der Waals surface area contributed by atoms with Crippen molar-refractivity contribution in [3.05, 3.63) is 378 Å². The Morgan fingerprint density at radius 1 is 0.255 bits per heavy atom. The molecule has 6 heteroatoms. The molecule has 1 unspecified atom stereocenters. The predicted molar refractivity (Wildman–Crippen MR) is 381 cm³/mol. The quantitative estimate of drug-likeness (QED) is 0.142. The van der Waals surface area contributed by atoms with Crippen LogP contribution in [0.3, 0.4) is 0 Å². The molecule has 0 fully saturated rings. The third kappa shape index (κ3) is 7.86. The van der Waals surface area contributed by atoms with Crippen LogP contribution in [-0.4, -0.2) is 9.97 Å². The molecular formula is C88H55N2O3P. The SMILES string of the molecule is O=P(c1ccccc1)(c1ccc(-c2ccc3c(c2)Oc2ccccc2C32c3ccccc3-c3ccccc32)cc1)c1cccc(-c2ccc3c(c2)C2(c4ccc(-c5cccc(-c6nc(-c7ccccc7)c7ccccc7n6)c5)cc4O3)c3ccccc3-c3ccccc32)c1. The van der Waals surface area contributed by atoms with Gasteiger partial charge in [-0.15, -0.1) is 0 Å². The molecule has 2 aliphatic heterocycles. The van der Waals surface area contributed by atoms with Crippen molar-refractivity contribution in [1.29, 1.82) is 0 Å². The fourth-order valence-corrected chi connectivity index (χ4v) is 18.7. The number of hydrogen-bond acceptors (Lipinski definition) is 5. The lowest BCUT2D eigenvalue weighted by Gasteiger charge is -2.40. The fraction of sp³-hybridized carbons (Fsp3) is 0.0227. The van der Waals surface area contributed by atoms with Gasteiger partial charge in [-0.3, -0.25) is 0 Å². The van der Waals surface area contributed by atoms with Crippen LogP contribution in [0.4, 0.5) is 0 Å². The summed E-state index contributed by atoms with van der Waals surface area (Å²) in [7, 11) is -3.49. The Morgan fingerprint density at radius 3 is 1.31 bits per heavy atom. The van der Waals surface area contributed by atoms with Gasteiger partial charge in [0.25, 0.3) is 0 Å². The summed E-state index contributed by atoms with van der Waals surface area (Å²) in [6.07, 6.45) is 0. The Bertz CT molecular complexity index is 5590. The highest BCUT2D eigenvalue weighted by atomic mass is 31.2. The molecule has 4 aliphatic rings. The molecule has 0 radical (unpaired) electrons. The number of fused-ring (bicyclic) bond motifs is 19. The van der Waals surface area contributed by atoms with Crippen LogP contribution >= 0.6 is 7.14 Å². The fourth-order valence-electron chi connectivity index (χ4n) is 16.0. The van der Waals surface area contributed by atoms with E-state index in [4.69, 9.17) is 19.4 Å². The molecule has 0 amide bonds. The highest BCUT2D eigenvalue weighted by molar-refractivity contribution is 7.85. The summed E-state index contributed by atoms with van der Waals surface area (Å²) in [5.41, 5.74) is 22.6. The molecule has 14 aromatic carbocycles. The van der Waals surface area contributed by atoms with Crippen molar-refractivity contribution < 1.29 is 14.0 Å². The average molecular weight is 1220 g/mol. The van der Waals surface area contributed by atoms with Crippen LogP contribution in [0.1, 0.15) is 44.5 Å². The standard InChI is InChI=1S/C88H55N2O3P/c91-94(64-26-5-2-6-27-64,65-46-41-56(42-47-65)61-43-48-77-83(54-61)92-81-40-18-16-38-76(81)87(77)72-34-12-7-29-67(72)68-30-8-13-35-73(68)87)66-28-20-24-59(52-66)60-45-50-82-79(53-60)88(74-36-14-9-31-69(74)70-32-10-15-37-75(70)88)78-49-44-62(55-84(78)93-82)58-23-19-25-63(51-58)86-89-80-39-17-11-33-71(80)85(90-86)57-21-3-1-4-22-57/h1-55H. The Kier molecular flexibility index (Phi) is 12.0. The number of hydrogen-bond donors (Lipinski definition) is 0. The minimum atomic E-state index is -3.49. The minimum Gasteiger partial charge on any atom is -0.457 e. The van der Waals surface area contributed by atoms with Crippen molar-refractivity contribution >= 4 is 34.0 Å². The summed E-state index contributed by atoms with van der Waals surface area (Å²) >= 11 is 0. The lowest BCUT2D eigenvalue weighted by atomic mass is 9.65. The topological polar surface area (TPSA) is 61.3 Å². The first kappa shape index (κ1) is 54.0. The normalized spacial score (nSPS) is 14.2. The van der Waals surface area contributed by atoms with Crippen molar-refractivity contribution in [2.24, 2.45) is 0 Å². The third-order valence-electron chi connectivity index (χ3n) is 20.1. The molecule has 19 rings (SSSR count). The zero-order valence-electron chi connectivity index (χ0n) is 50.8. The second kappa shape index (κ2) is 20.9. The van der Waals surface area contributed by atoms with Crippen LogP contribution in [0.5, 0.6) is 23.0 Å². The van der Waals surface area contributed by atoms with Gasteiger partial charge in [-0.1, -0.05) is 285 Å². The summed E-state index contributed by atoms with van der Waals surface area (Å²) in [4.78, 5) is 10.3. The first-order chi connectivity index (χ1) is 46.4. The molecular weight excluding hydrogens is 1160 g/mol. The van der Waals surface area contributed by atoms with E-state index < -0.39 is 18.0 Å². The number of benzene rings is 14. The Morgan fingerprint density at radius 2 is 0.670 bits per heavy atom. The van der Waals surface area contributed by atoms with Gasteiger partial charge in [0.15, 0.2) is 13.0 Å². The predicted octanol–water partition coefficient (Wildman–Crippen LogP) is 20.5. The number of ether oxygens (including phenoxy) is 2. The van der Waals surface area contributed by atoms with Gasteiger partial charge in [0.2, 0.25) is 0 Å². The van der Waals surface area contributed by atoms with Crippen LogP contribution in [0.2, 0.25) is 0 Å². The molecule has 2 aliphatic carbocycles. The Balaban J connectivity index is 0.696. The molecule has 94 heavy (non-hydrogen) atoms. The zero-order valence-corrected chi connectivity index (χ0v) is 51.7. The second-order valence-electron chi connectivity index (χ2n) is 24.9. The number of nitrogens with zero attached hydrogens (tertiary/aromatic N) is 2. The van der Waals surface area contributed by atoms with Crippen LogP contribution < -0.4 is 25.4 Å². The smallest absolute Gasteiger partial charge is 0.171 e. The number of para-hydroxylation sites is 2. The molecule has 1 aromatic heterocycles. The number of aromatic nitrogens is 2. The molecule has 0 saturated carbocycles. The largest absolute Gasteiger partial charge is 0.457 e.